The first-order valence-electron chi connectivity index (χ1n) is 5.53. The highest BCUT2D eigenvalue weighted by molar-refractivity contribution is 5.45. The Morgan fingerprint density at radius 2 is 1.87 bits per heavy atom. The van der Waals surface area contributed by atoms with Crippen LogP contribution < -0.4 is 5.73 Å². The van der Waals surface area contributed by atoms with Gasteiger partial charge in [-0.05, 0) is 17.8 Å². The number of nitrogens with two attached hydrogens (primary N) is 1. The number of hydrogen-bond donors (Lipinski definition) is 1. The lowest BCUT2D eigenvalue weighted by Crippen LogP contribution is -2.11. The second-order valence-corrected chi connectivity index (χ2v) is 5.76. The smallest absolute Gasteiger partial charge is 0.125 e. The number of anilines is 1. The topological polar surface area (TPSA) is 43.8 Å². The van der Waals surface area contributed by atoms with Gasteiger partial charge in [0.05, 0.1) is 5.69 Å². The van der Waals surface area contributed by atoms with Crippen molar-refractivity contribution in [1.29, 1.82) is 0 Å². The molecule has 15 heavy (non-hydrogen) atoms. The fraction of sp³-hybridized carbons (Fsp3) is 0.750. The van der Waals surface area contributed by atoms with E-state index < -0.39 is 0 Å². The molecule has 1 aromatic heterocycles. The van der Waals surface area contributed by atoms with Crippen LogP contribution in [0.5, 0.6) is 0 Å². The Kier molecular flexibility index (Phi) is 3.12. The van der Waals surface area contributed by atoms with Crippen molar-refractivity contribution >= 4 is 5.82 Å². The van der Waals surface area contributed by atoms with Crippen molar-refractivity contribution in [2.24, 2.45) is 12.5 Å². The maximum Gasteiger partial charge on any atom is 0.125 e. The molecule has 86 valence electrons. The summed E-state index contributed by atoms with van der Waals surface area (Å²) in [5.41, 5.74) is 8.64. The van der Waals surface area contributed by atoms with Crippen LogP contribution in [0.15, 0.2) is 0 Å². The molecule has 0 aromatic carbocycles. The molecule has 1 rings (SSSR count). The molecule has 0 saturated heterocycles. The van der Waals surface area contributed by atoms with Crippen molar-refractivity contribution in [2.45, 2.75) is 47.0 Å². The van der Waals surface area contributed by atoms with Crippen LogP contribution in [0, 0.1) is 5.41 Å². The second kappa shape index (κ2) is 3.87. The SMILES string of the molecule is CC(C)c1c(CC(C)(C)C)nn(C)c1N. The van der Waals surface area contributed by atoms with Gasteiger partial charge in [0.25, 0.3) is 0 Å². The lowest BCUT2D eigenvalue weighted by atomic mass is 9.87. The van der Waals surface area contributed by atoms with Gasteiger partial charge < -0.3 is 5.73 Å². The van der Waals surface area contributed by atoms with Crippen LogP contribution in [0.3, 0.4) is 0 Å². The molecular weight excluding hydrogens is 186 g/mol. The van der Waals surface area contributed by atoms with Gasteiger partial charge in [-0.25, -0.2) is 0 Å². The van der Waals surface area contributed by atoms with Crippen molar-refractivity contribution in [3.63, 3.8) is 0 Å². The highest BCUT2D eigenvalue weighted by atomic mass is 15.3. The zero-order valence-corrected chi connectivity index (χ0v) is 10.8. The summed E-state index contributed by atoms with van der Waals surface area (Å²) < 4.78 is 1.79. The first-order chi connectivity index (χ1) is 6.72. The van der Waals surface area contributed by atoms with Crippen LogP contribution in [0.25, 0.3) is 0 Å². The molecule has 2 N–H and O–H groups in total. The minimum atomic E-state index is 0.254. The summed E-state index contributed by atoms with van der Waals surface area (Å²) in [6.45, 7) is 11.0. The summed E-state index contributed by atoms with van der Waals surface area (Å²) in [4.78, 5) is 0. The van der Waals surface area contributed by atoms with Gasteiger partial charge >= 0.3 is 0 Å². The average Bonchev–Trinajstić information content (AvgIpc) is 2.23. The molecule has 0 bridgehead atoms. The van der Waals surface area contributed by atoms with Gasteiger partial charge in [0, 0.05) is 12.6 Å². The fourth-order valence-electron chi connectivity index (χ4n) is 1.87. The predicted molar refractivity (Wildman–Crippen MR) is 64.9 cm³/mol. The maximum absolute atomic E-state index is 6.02. The minimum Gasteiger partial charge on any atom is -0.384 e. The third-order valence-electron chi connectivity index (χ3n) is 2.48. The molecule has 0 aliphatic rings. The van der Waals surface area contributed by atoms with Gasteiger partial charge in [-0.3, -0.25) is 4.68 Å². The fourth-order valence-corrected chi connectivity index (χ4v) is 1.87. The minimum absolute atomic E-state index is 0.254. The van der Waals surface area contributed by atoms with Gasteiger partial charge in [-0.1, -0.05) is 34.6 Å². The quantitative estimate of drug-likeness (QED) is 0.814. The largest absolute Gasteiger partial charge is 0.384 e. The molecule has 0 unspecified atom stereocenters. The van der Waals surface area contributed by atoms with E-state index in [9.17, 15) is 0 Å². The molecule has 0 spiro atoms. The average molecular weight is 209 g/mol. The second-order valence-electron chi connectivity index (χ2n) is 5.76. The van der Waals surface area contributed by atoms with E-state index >= 15 is 0 Å². The number of rotatable bonds is 2. The first-order valence-corrected chi connectivity index (χ1v) is 5.53. The number of nitrogens with zero attached hydrogens (tertiary/aromatic N) is 2. The highest BCUT2D eigenvalue weighted by Crippen LogP contribution is 2.30. The van der Waals surface area contributed by atoms with Crippen molar-refractivity contribution in [1.82, 2.24) is 9.78 Å². The number of aromatic nitrogens is 2. The van der Waals surface area contributed by atoms with E-state index in [1.54, 1.807) is 4.68 Å². The lowest BCUT2D eigenvalue weighted by molar-refractivity contribution is 0.402. The van der Waals surface area contributed by atoms with Gasteiger partial charge in [-0.2, -0.15) is 5.10 Å². The van der Waals surface area contributed by atoms with Gasteiger partial charge in [0.15, 0.2) is 0 Å². The Morgan fingerprint density at radius 1 is 1.33 bits per heavy atom. The summed E-state index contributed by atoms with van der Waals surface area (Å²) in [7, 11) is 1.91. The number of hydrogen-bond acceptors (Lipinski definition) is 2. The monoisotopic (exact) mass is 209 g/mol. The molecule has 0 saturated carbocycles. The van der Waals surface area contributed by atoms with E-state index in [1.165, 1.54) is 5.56 Å². The Bertz CT molecular complexity index is 342. The molecule has 0 aliphatic heterocycles. The van der Waals surface area contributed by atoms with Crippen molar-refractivity contribution in [3.05, 3.63) is 11.3 Å². The zero-order valence-electron chi connectivity index (χ0n) is 10.8. The van der Waals surface area contributed by atoms with Crippen LogP contribution >= 0.6 is 0 Å². The van der Waals surface area contributed by atoms with E-state index in [0.717, 1.165) is 17.9 Å². The normalized spacial score (nSPS) is 12.5. The van der Waals surface area contributed by atoms with Gasteiger partial charge in [0.1, 0.15) is 5.82 Å². The van der Waals surface area contributed by atoms with E-state index in [1.807, 2.05) is 7.05 Å². The highest BCUT2D eigenvalue weighted by Gasteiger charge is 2.21. The Labute approximate surface area is 92.7 Å². The first kappa shape index (κ1) is 12.1. The third kappa shape index (κ3) is 2.74. The summed E-state index contributed by atoms with van der Waals surface area (Å²) in [5.74, 6) is 1.25. The Morgan fingerprint density at radius 3 is 2.27 bits per heavy atom. The summed E-state index contributed by atoms with van der Waals surface area (Å²) in [6, 6.07) is 0. The zero-order chi connectivity index (χ0) is 11.8. The van der Waals surface area contributed by atoms with Crippen molar-refractivity contribution in [2.75, 3.05) is 5.73 Å². The van der Waals surface area contributed by atoms with Crippen LogP contribution in [0.1, 0.15) is 51.8 Å². The number of nitrogen functional groups attached to an aromatic ring is 1. The van der Waals surface area contributed by atoms with Crippen LogP contribution in [-0.2, 0) is 13.5 Å². The molecule has 0 radical (unpaired) electrons. The van der Waals surface area contributed by atoms with Crippen molar-refractivity contribution < 1.29 is 0 Å². The maximum atomic E-state index is 6.02. The van der Waals surface area contributed by atoms with E-state index in [2.05, 4.69) is 39.7 Å². The van der Waals surface area contributed by atoms with Crippen LogP contribution in [-0.4, -0.2) is 9.78 Å². The Hall–Kier alpha value is -0.990. The van der Waals surface area contributed by atoms with E-state index in [0.29, 0.717) is 5.92 Å². The number of aryl methyl sites for hydroxylation is 1. The molecule has 0 amide bonds. The molecule has 3 heteroatoms. The lowest BCUT2D eigenvalue weighted by Gasteiger charge is -2.18. The van der Waals surface area contributed by atoms with Crippen LogP contribution in [0.2, 0.25) is 0 Å². The Balaban J connectivity index is 3.13. The molecule has 0 aliphatic carbocycles. The summed E-state index contributed by atoms with van der Waals surface area (Å²) >= 11 is 0. The van der Waals surface area contributed by atoms with E-state index in [-0.39, 0.29) is 5.41 Å². The van der Waals surface area contributed by atoms with Crippen LogP contribution in [0.4, 0.5) is 5.82 Å². The molecule has 0 atom stereocenters. The predicted octanol–water partition coefficient (Wildman–Crippen LogP) is 2.71. The van der Waals surface area contributed by atoms with E-state index in [4.69, 9.17) is 5.73 Å². The standard InChI is InChI=1S/C12H23N3/c1-8(2)10-9(7-12(3,4)5)14-15(6)11(10)13/h8H,7,13H2,1-6H3. The molecular formula is C12H23N3. The molecule has 3 nitrogen and oxygen atoms in total. The van der Waals surface area contributed by atoms with Gasteiger partial charge in [0.2, 0.25) is 0 Å². The van der Waals surface area contributed by atoms with Gasteiger partial charge in [-0.15, -0.1) is 0 Å². The summed E-state index contributed by atoms with van der Waals surface area (Å²) in [5, 5.41) is 4.51. The van der Waals surface area contributed by atoms with Crippen molar-refractivity contribution in [3.8, 4) is 0 Å². The molecule has 0 fully saturated rings. The summed E-state index contributed by atoms with van der Waals surface area (Å²) in [6.07, 6.45) is 0.978. The third-order valence-corrected chi connectivity index (χ3v) is 2.48. The molecule has 1 heterocycles. The molecule has 1 aromatic rings.